The highest BCUT2D eigenvalue weighted by Crippen LogP contribution is 2.32. The molecule has 1 heterocycles. The number of carbonyl (C=O) groups excluding carboxylic acids is 3. The number of thioether (sulfide) groups is 1. The molecule has 0 aromatic heterocycles. The largest absolute Gasteiger partial charge is 0.292 e. The van der Waals surface area contributed by atoms with Gasteiger partial charge < -0.3 is 0 Å². The van der Waals surface area contributed by atoms with E-state index in [9.17, 15) is 14.4 Å². The van der Waals surface area contributed by atoms with Crippen LogP contribution in [-0.4, -0.2) is 33.5 Å². The minimum absolute atomic E-state index is 0.00462. The Morgan fingerprint density at radius 1 is 1.17 bits per heavy atom. The molecule has 9 heteroatoms. The smallest absolute Gasteiger partial charge is 0.269 e. The highest BCUT2D eigenvalue weighted by molar-refractivity contribution is 9.10. The van der Waals surface area contributed by atoms with Gasteiger partial charge in [-0.05, 0) is 42.3 Å². The van der Waals surface area contributed by atoms with E-state index in [4.69, 9.17) is 12.2 Å². The summed E-state index contributed by atoms with van der Waals surface area (Å²) in [5.74, 6) is -1.05. The second-order valence-electron chi connectivity index (χ2n) is 6.46. The maximum atomic E-state index is 12.6. The average Bonchev–Trinajstić information content (AvgIpc) is 2.97. The Labute approximate surface area is 192 Å². The van der Waals surface area contributed by atoms with Crippen molar-refractivity contribution >= 4 is 68.0 Å². The fourth-order valence-corrected chi connectivity index (χ4v) is 4.46. The zero-order valence-corrected chi connectivity index (χ0v) is 19.2. The predicted octanol–water partition coefficient (Wildman–Crippen LogP) is 3.81. The number of nitrogens with zero attached hydrogens (tertiary/aromatic N) is 1. The molecule has 1 aliphatic heterocycles. The first-order valence-electron chi connectivity index (χ1n) is 9.01. The van der Waals surface area contributed by atoms with Crippen molar-refractivity contribution < 1.29 is 14.4 Å². The predicted molar refractivity (Wildman–Crippen MR) is 125 cm³/mol. The Morgan fingerprint density at radius 2 is 1.93 bits per heavy atom. The molecule has 6 nitrogen and oxygen atoms in total. The first-order valence-corrected chi connectivity index (χ1v) is 11.0. The molecule has 1 fully saturated rings. The SMILES string of the molecule is Cc1ccccc1C(=O)NNC(=O)CCN1C(=O)/C(=C/c2cccc(Br)c2)SC1=S. The van der Waals surface area contributed by atoms with Crippen LogP contribution >= 0.6 is 39.9 Å². The number of nitrogens with one attached hydrogen (secondary N) is 2. The van der Waals surface area contributed by atoms with Gasteiger partial charge in [0.2, 0.25) is 5.91 Å². The van der Waals surface area contributed by atoms with Crippen LogP contribution in [0.25, 0.3) is 6.08 Å². The molecule has 2 aromatic rings. The molecule has 1 saturated heterocycles. The molecule has 0 spiro atoms. The van der Waals surface area contributed by atoms with Crippen molar-refractivity contribution in [1.29, 1.82) is 0 Å². The van der Waals surface area contributed by atoms with Gasteiger partial charge in [0, 0.05) is 23.0 Å². The summed E-state index contributed by atoms with van der Waals surface area (Å²) in [6, 6.07) is 14.6. The lowest BCUT2D eigenvalue weighted by molar-refractivity contribution is -0.124. The van der Waals surface area contributed by atoms with Gasteiger partial charge in [0.1, 0.15) is 4.32 Å². The lowest BCUT2D eigenvalue weighted by Crippen LogP contribution is -2.43. The van der Waals surface area contributed by atoms with Crippen LogP contribution in [0.4, 0.5) is 0 Å². The van der Waals surface area contributed by atoms with Gasteiger partial charge in [0.05, 0.1) is 4.91 Å². The lowest BCUT2D eigenvalue weighted by Gasteiger charge is -2.14. The number of amides is 3. The number of benzene rings is 2. The van der Waals surface area contributed by atoms with Gasteiger partial charge in [-0.1, -0.05) is 70.2 Å². The molecule has 0 bridgehead atoms. The van der Waals surface area contributed by atoms with Crippen molar-refractivity contribution in [2.24, 2.45) is 0 Å². The van der Waals surface area contributed by atoms with Crippen molar-refractivity contribution in [1.82, 2.24) is 15.8 Å². The number of aryl methyl sites for hydroxylation is 1. The van der Waals surface area contributed by atoms with E-state index in [0.29, 0.717) is 14.8 Å². The molecular weight excluding hydrogens is 486 g/mol. The summed E-state index contributed by atoms with van der Waals surface area (Å²) < 4.78 is 1.31. The Morgan fingerprint density at radius 3 is 2.67 bits per heavy atom. The number of halogens is 1. The summed E-state index contributed by atoms with van der Waals surface area (Å²) in [6.45, 7) is 1.94. The monoisotopic (exact) mass is 503 g/mol. The molecule has 0 radical (unpaired) electrons. The highest BCUT2D eigenvalue weighted by Gasteiger charge is 2.32. The van der Waals surface area contributed by atoms with E-state index in [2.05, 4.69) is 26.8 Å². The van der Waals surface area contributed by atoms with Crippen LogP contribution in [0.3, 0.4) is 0 Å². The summed E-state index contributed by atoms with van der Waals surface area (Å²) >= 11 is 9.90. The molecule has 154 valence electrons. The summed E-state index contributed by atoms with van der Waals surface area (Å²) in [4.78, 5) is 38.8. The molecule has 0 saturated carbocycles. The summed E-state index contributed by atoms with van der Waals surface area (Å²) in [7, 11) is 0. The molecule has 1 aliphatic rings. The standard InChI is InChI=1S/C21H18BrN3O3S2/c1-13-5-2-3-8-16(13)19(27)24-23-18(26)9-10-25-20(28)17(30-21(25)29)12-14-6-4-7-15(22)11-14/h2-8,11-12H,9-10H2,1H3,(H,23,26)(H,24,27)/b17-12-. The van der Waals surface area contributed by atoms with E-state index in [1.165, 1.54) is 16.7 Å². The van der Waals surface area contributed by atoms with Crippen molar-refractivity contribution in [2.75, 3.05) is 6.54 Å². The molecule has 2 N–H and O–H groups in total. The van der Waals surface area contributed by atoms with Gasteiger partial charge in [0.15, 0.2) is 0 Å². The topological polar surface area (TPSA) is 78.5 Å². The normalized spacial score (nSPS) is 14.9. The minimum Gasteiger partial charge on any atom is -0.292 e. The zero-order valence-electron chi connectivity index (χ0n) is 16.0. The van der Waals surface area contributed by atoms with Crippen LogP contribution < -0.4 is 10.9 Å². The molecule has 0 aliphatic carbocycles. The van der Waals surface area contributed by atoms with Crippen LogP contribution in [0.15, 0.2) is 57.9 Å². The van der Waals surface area contributed by atoms with Crippen LogP contribution in [0, 0.1) is 6.92 Å². The summed E-state index contributed by atoms with van der Waals surface area (Å²) in [5, 5.41) is 0. The Kier molecular flexibility index (Phi) is 7.41. The third kappa shape index (κ3) is 5.56. The van der Waals surface area contributed by atoms with Gasteiger partial charge in [-0.15, -0.1) is 0 Å². The van der Waals surface area contributed by atoms with Crippen LogP contribution in [0.2, 0.25) is 0 Å². The Hall–Kier alpha value is -2.49. The molecule has 0 unspecified atom stereocenters. The van der Waals surface area contributed by atoms with E-state index < -0.39 is 11.8 Å². The number of hydrogen-bond acceptors (Lipinski definition) is 5. The molecule has 0 atom stereocenters. The number of hydrogen-bond donors (Lipinski definition) is 2. The van der Waals surface area contributed by atoms with Gasteiger partial charge in [-0.25, -0.2) is 0 Å². The molecular formula is C21H18BrN3O3S2. The number of hydrazine groups is 1. The highest BCUT2D eigenvalue weighted by atomic mass is 79.9. The molecule has 3 rings (SSSR count). The third-order valence-corrected chi connectivity index (χ3v) is 6.16. The van der Waals surface area contributed by atoms with E-state index in [-0.39, 0.29) is 18.9 Å². The van der Waals surface area contributed by atoms with E-state index in [1.54, 1.807) is 18.2 Å². The van der Waals surface area contributed by atoms with Crippen LogP contribution in [0.1, 0.15) is 27.9 Å². The molecule has 3 amide bonds. The Balaban J connectivity index is 1.53. The number of thiocarbonyl (C=S) groups is 1. The van der Waals surface area contributed by atoms with Gasteiger partial charge in [0.25, 0.3) is 11.8 Å². The van der Waals surface area contributed by atoms with Crippen molar-refractivity contribution in [2.45, 2.75) is 13.3 Å². The number of carbonyl (C=O) groups is 3. The Bertz CT molecular complexity index is 1060. The van der Waals surface area contributed by atoms with E-state index in [0.717, 1.165) is 15.6 Å². The fourth-order valence-electron chi connectivity index (χ4n) is 2.74. The quantitative estimate of drug-likeness (QED) is 0.368. The zero-order chi connectivity index (χ0) is 21.7. The average molecular weight is 504 g/mol. The van der Waals surface area contributed by atoms with Gasteiger partial charge in [-0.3, -0.25) is 30.1 Å². The second kappa shape index (κ2) is 10.0. The first kappa shape index (κ1) is 22.2. The first-order chi connectivity index (χ1) is 14.3. The summed E-state index contributed by atoms with van der Waals surface area (Å²) in [6.07, 6.45) is 1.78. The molecule has 30 heavy (non-hydrogen) atoms. The maximum absolute atomic E-state index is 12.6. The minimum atomic E-state index is -0.415. The van der Waals surface area contributed by atoms with Crippen LogP contribution in [-0.2, 0) is 9.59 Å². The van der Waals surface area contributed by atoms with Gasteiger partial charge in [-0.2, -0.15) is 0 Å². The third-order valence-electron chi connectivity index (χ3n) is 4.29. The van der Waals surface area contributed by atoms with Gasteiger partial charge >= 0.3 is 0 Å². The second-order valence-corrected chi connectivity index (χ2v) is 9.05. The van der Waals surface area contributed by atoms with Crippen molar-refractivity contribution in [3.63, 3.8) is 0 Å². The fraction of sp³-hybridized carbons (Fsp3) is 0.143. The molecule has 2 aromatic carbocycles. The summed E-state index contributed by atoms with van der Waals surface area (Å²) in [5.41, 5.74) is 6.92. The van der Waals surface area contributed by atoms with Crippen molar-refractivity contribution in [3.05, 3.63) is 74.6 Å². The number of rotatable bonds is 5. The van der Waals surface area contributed by atoms with E-state index in [1.807, 2.05) is 43.3 Å². The van der Waals surface area contributed by atoms with Crippen LogP contribution in [0.5, 0.6) is 0 Å². The maximum Gasteiger partial charge on any atom is 0.269 e. The lowest BCUT2D eigenvalue weighted by atomic mass is 10.1. The van der Waals surface area contributed by atoms with E-state index >= 15 is 0 Å². The van der Waals surface area contributed by atoms with Crippen molar-refractivity contribution in [3.8, 4) is 0 Å².